The second-order valence-corrected chi connectivity index (χ2v) is 10.1. The topological polar surface area (TPSA) is 133 Å². The summed E-state index contributed by atoms with van der Waals surface area (Å²) in [5.41, 5.74) is 2.42. The first kappa shape index (κ1) is 24.9. The maximum atomic E-state index is 12.6. The fourth-order valence-electron chi connectivity index (χ4n) is 3.57. The summed E-state index contributed by atoms with van der Waals surface area (Å²) < 4.78 is 33.1. The molecule has 9 nitrogen and oxygen atoms in total. The third-order valence-electron chi connectivity index (χ3n) is 5.51. The van der Waals surface area contributed by atoms with Gasteiger partial charge in [-0.25, -0.2) is 8.42 Å². The van der Waals surface area contributed by atoms with Gasteiger partial charge in [-0.2, -0.15) is 0 Å². The van der Waals surface area contributed by atoms with E-state index in [2.05, 4.69) is 33.8 Å². The van der Waals surface area contributed by atoms with Gasteiger partial charge in [-0.05, 0) is 79.1 Å². The van der Waals surface area contributed by atoms with Gasteiger partial charge in [0, 0.05) is 16.6 Å². The Balaban J connectivity index is 1.48. The Kier molecular flexibility index (Phi) is 7.07. The van der Waals surface area contributed by atoms with E-state index in [4.69, 9.17) is 4.74 Å². The highest BCUT2D eigenvalue weighted by Gasteiger charge is 2.16. The summed E-state index contributed by atoms with van der Waals surface area (Å²) in [5, 5.41) is 18.6. The summed E-state index contributed by atoms with van der Waals surface area (Å²) >= 11 is 0. The van der Waals surface area contributed by atoms with Crippen molar-refractivity contribution in [2.45, 2.75) is 31.6 Å². The molecule has 0 fully saturated rings. The zero-order chi connectivity index (χ0) is 25.9. The number of hydrogen-bond acceptors (Lipinski definition) is 6. The van der Waals surface area contributed by atoms with Gasteiger partial charge in [-0.3, -0.25) is 9.52 Å². The quantitative estimate of drug-likeness (QED) is 0.248. The molecule has 1 aromatic heterocycles. The van der Waals surface area contributed by atoms with Crippen molar-refractivity contribution in [3.63, 3.8) is 0 Å². The molecule has 0 unspecified atom stereocenters. The zero-order valence-electron chi connectivity index (χ0n) is 20.0. The molecule has 10 heteroatoms. The Hall–Kier alpha value is -4.18. The molecule has 0 atom stereocenters. The number of rotatable bonds is 8. The summed E-state index contributed by atoms with van der Waals surface area (Å²) in [6, 6.07) is 17.6. The molecule has 0 saturated carbocycles. The van der Waals surface area contributed by atoms with E-state index in [0.29, 0.717) is 23.3 Å². The first-order chi connectivity index (χ1) is 17.2. The number of carbonyl (C=O) groups is 1. The van der Waals surface area contributed by atoms with Crippen LogP contribution in [0.5, 0.6) is 11.6 Å². The lowest BCUT2D eigenvalue weighted by atomic mass is 10.0. The van der Waals surface area contributed by atoms with Crippen LogP contribution in [0.25, 0.3) is 10.9 Å². The lowest BCUT2D eigenvalue weighted by Crippen LogP contribution is -2.13. The molecular formula is C26H26N4O5S. The Labute approximate surface area is 208 Å². The fraction of sp³-hybridized carbons (Fsp3) is 0.192. The highest BCUT2D eigenvalue weighted by Crippen LogP contribution is 2.37. The van der Waals surface area contributed by atoms with E-state index in [1.165, 1.54) is 36.4 Å². The first-order valence-electron chi connectivity index (χ1n) is 11.3. The van der Waals surface area contributed by atoms with Crippen LogP contribution in [0.3, 0.4) is 0 Å². The molecule has 3 aromatic carbocycles. The molecule has 0 saturated heterocycles. The molecule has 1 heterocycles. The maximum absolute atomic E-state index is 12.6. The van der Waals surface area contributed by atoms with Gasteiger partial charge < -0.3 is 14.8 Å². The predicted octanol–water partition coefficient (Wildman–Crippen LogP) is 6.12. The number of anilines is 1. The van der Waals surface area contributed by atoms with Crippen molar-refractivity contribution in [3.8, 4) is 11.6 Å². The van der Waals surface area contributed by atoms with Crippen molar-refractivity contribution in [2.24, 2.45) is 10.2 Å². The summed E-state index contributed by atoms with van der Waals surface area (Å²) in [7, 11) is -3.82. The van der Waals surface area contributed by atoms with Gasteiger partial charge in [-0.1, -0.05) is 19.9 Å². The van der Waals surface area contributed by atoms with Gasteiger partial charge in [0.15, 0.2) is 5.69 Å². The molecule has 0 radical (unpaired) electrons. The van der Waals surface area contributed by atoms with Gasteiger partial charge >= 0.3 is 0 Å². The summed E-state index contributed by atoms with van der Waals surface area (Å²) in [5.74, 6) is 0.0456. The van der Waals surface area contributed by atoms with Gasteiger partial charge in [-0.15, -0.1) is 10.2 Å². The number of nitrogens with one attached hydrogen (secondary N) is 2. The number of H-pyrrole nitrogens is 1. The van der Waals surface area contributed by atoms with E-state index in [0.717, 1.165) is 5.56 Å². The lowest BCUT2D eigenvalue weighted by molar-refractivity contribution is 0.0995. The lowest BCUT2D eigenvalue weighted by Gasteiger charge is -2.09. The van der Waals surface area contributed by atoms with Crippen molar-refractivity contribution in [1.82, 2.24) is 4.98 Å². The number of hydrogen-bond donors (Lipinski definition) is 3. The van der Waals surface area contributed by atoms with Gasteiger partial charge in [0.1, 0.15) is 5.75 Å². The Morgan fingerprint density at radius 2 is 1.75 bits per heavy atom. The third-order valence-corrected chi connectivity index (χ3v) is 6.91. The molecule has 3 N–H and O–H groups in total. The number of benzene rings is 3. The molecule has 1 amide bonds. The summed E-state index contributed by atoms with van der Waals surface area (Å²) in [6.07, 6.45) is 0. The first-order valence-corrected chi connectivity index (χ1v) is 12.8. The monoisotopic (exact) mass is 506 g/mol. The van der Waals surface area contributed by atoms with Crippen molar-refractivity contribution in [2.75, 3.05) is 11.3 Å². The Morgan fingerprint density at radius 3 is 2.39 bits per heavy atom. The SMILES string of the molecule is CCOc1ccc(S(=O)(=O)Nc2ccc(C(=O)N=Nc3c(O)[nH]c4ccc(C(C)C)cc34)cc2)cc1. The minimum atomic E-state index is -3.82. The average molecular weight is 507 g/mol. The van der Waals surface area contributed by atoms with Crippen LogP contribution in [0, 0.1) is 0 Å². The molecule has 0 spiro atoms. The van der Waals surface area contributed by atoms with Crippen LogP contribution in [-0.2, 0) is 10.0 Å². The highest BCUT2D eigenvalue weighted by atomic mass is 32.2. The van der Waals surface area contributed by atoms with Crippen LogP contribution in [0.1, 0.15) is 42.6 Å². The number of azo groups is 1. The van der Waals surface area contributed by atoms with E-state index < -0.39 is 15.9 Å². The number of amides is 1. The molecule has 0 bridgehead atoms. The predicted molar refractivity (Wildman–Crippen MR) is 138 cm³/mol. The average Bonchev–Trinajstić information content (AvgIpc) is 3.17. The van der Waals surface area contributed by atoms with Crippen LogP contribution in [0.4, 0.5) is 11.4 Å². The second kappa shape index (κ2) is 10.2. The molecular weight excluding hydrogens is 480 g/mol. The maximum Gasteiger partial charge on any atom is 0.295 e. The molecule has 186 valence electrons. The smallest absolute Gasteiger partial charge is 0.295 e. The van der Waals surface area contributed by atoms with E-state index in [1.54, 1.807) is 12.1 Å². The number of nitrogens with zero attached hydrogens (tertiary/aromatic N) is 2. The van der Waals surface area contributed by atoms with Crippen LogP contribution in [0.2, 0.25) is 0 Å². The molecule has 0 aliphatic carbocycles. The summed E-state index contributed by atoms with van der Waals surface area (Å²) in [4.78, 5) is 15.5. The standard InChI is InChI=1S/C26H26N4O5S/c1-4-35-20-10-12-21(13-11-20)36(33,34)30-19-8-5-17(6-9-19)25(31)29-28-24-22-15-18(16(2)3)7-14-23(22)27-26(24)32/h5-16,27,30,32H,4H2,1-3H3. The van der Waals surface area contributed by atoms with Crippen LogP contribution < -0.4 is 9.46 Å². The molecule has 36 heavy (non-hydrogen) atoms. The van der Waals surface area contributed by atoms with Gasteiger partial charge in [0.2, 0.25) is 5.88 Å². The number of aromatic hydroxyl groups is 1. The molecule has 0 aliphatic rings. The van der Waals surface area contributed by atoms with Gasteiger partial charge in [0.25, 0.3) is 15.9 Å². The van der Waals surface area contributed by atoms with E-state index in [9.17, 15) is 18.3 Å². The van der Waals surface area contributed by atoms with Gasteiger partial charge in [0.05, 0.1) is 17.0 Å². The molecule has 4 rings (SSSR count). The minimum absolute atomic E-state index is 0.0825. The second-order valence-electron chi connectivity index (χ2n) is 8.37. The zero-order valence-corrected chi connectivity index (χ0v) is 20.8. The van der Waals surface area contributed by atoms with Crippen molar-refractivity contribution in [1.29, 1.82) is 0 Å². The van der Waals surface area contributed by atoms with Crippen LogP contribution in [0.15, 0.2) is 81.9 Å². The number of carbonyl (C=O) groups excluding carboxylic acids is 1. The highest BCUT2D eigenvalue weighted by molar-refractivity contribution is 7.92. The fourth-order valence-corrected chi connectivity index (χ4v) is 4.63. The largest absolute Gasteiger partial charge is 0.494 e. The van der Waals surface area contributed by atoms with Crippen molar-refractivity contribution >= 4 is 38.2 Å². The number of sulfonamides is 1. The molecule has 0 aliphatic heterocycles. The molecule has 4 aromatic rings. The van der Waals surface area contributed by atoms with E-state index >= 15 is 0 Å². The third kappa shape index (κ3) is 5.38. The minimum Gasteiger partial charge on any atom is -0.494 e. The number of ether oxygens (including phenoxy) is 1. The Morgan fingerprint density at radius 1 is 1.06 bits per heavy atom. The normalized spacial score (nSPS) is 11.9. The number of aromatic nitrogens is 1. The number of fused-ring (bicyclic) bond motifs is 1. The van der Waals surface area contributed by atoms with Crippen LogP contribution in [-0.4, -0.2) is 31.0 Å². The van der Waals surface area contributed by atoms with E-state index in [1.807, 2.05) is 25.1 Å². The van der Waals surface area contributed by atoms with Crippen molar-refractivity contribution < 1.29 is 23.1 Å². The van der Waals surface area contributed by atoms with Crippen molar-refractivity contribution in [3.05, 3.63) is 77.9 Å². The summed E-state index contributed by atoms with van der Waals surface area (Å²) in [6.45, 7) is 6.44. The van der Waals surface area contributed by atoms with Crippen LogP contribution >= 0.6 is 0 Å². The van der Waals surface area contributed by atoms with E-state index in [-0.39, 0.29) is 33.6 Å². The Bertz CT molecular complexity index is 1520. The number of aromatic amines is 1.